The van der Waals surface area contributed by atoms with Crippen LogP contribution in [-0.4, -0.2) is 5.78 Å². The lowest BCUT2D eigenvalue weighted by molar-refractivity contribution is -0.123. The Balaban J connectivity index is 2.08. The molecule has 20 heavy (non-hydrogen) atoms. The average molecular weight is 272 g/mol. The van der Waals surface area contributed by atoms with Crippen LogP contribution in [0.4, 0.5) is 0 Å². The van der Waals surface area contributed by atoms with Crippen molar-refractivity contribution in [1.82, 2.24) is 0 Å². The molecule has 0 aliphatic heterocycles. The molecular weight excluding hydrogens is 244 g/mol. The fourth-order valence-electron chi connectivity index (χ4n) is 3.76. The SMILES string of the molecule is CCC1CCCC(C(=O)Cc2c(C)cc(C)cc2C)C1. The minimum Gasteiger partial charge on any atom is -0.299 e. The number of Topliss-reactive ketones (excluding diaryl/α,β-unsaturated/α-hetero) is 1. The second-order valence-electron chi connectivity index (χ2n) is 6.66. The van der Waals surface area contributed by atoms with Gasteiger partial charge in [-0.15, -0.1) is 0 Å². The minimum absolute atomic E-state index is 0.314. The first-order valence-corrected chi connectivity index (χ1v) is 8.10. The molecule has 2 atom stereocenters. The molecule has 1 heteroatoms. The summed E-state index contributed by atoms with van der Waals surface area (Å²) >= 11 is 0. The summed E-state index contributed by atoms with van der Waals surface area (Å²) in [7, 11) is 0. The lowest BCUT2D eigenvalue weighted by Crippen LogP contribution is -2.24. The first kappa shape index (κ1) is 15.3. The van der Waals surface area contributed by atoms with Crippen LogP contribution in [0, 0.1) is 32.6 Å². The fourth-order valence-corrected chi connectivity index (χ4v) is 3.76. The third kappa shape index (κ3) is 3.50. The van der Waals surface area contributed by atoms with Gasteiger partial charge < -0.3 is 0 Å². The summed E-state index contributed by atoms with van der Waals surface area (Å²) in [5, 5.41) is 0. The summed E-state index contributed by atoms with van der Waals surface area (Å²) in [6.07, 6.45) is 6.66. The number of rotatable bonds is 4. The molecule has 0 bridgehead atoms. The van der Waals surface area contributed by atoms with Gasteiger partial charge in [0.1, 0.15) is 5.78 Å². The highest BCUT2D eigenvalue weighted by Gasteiger charge is 2.26. The standard InChI is InChI=1S/C19H28O/c1-5-16-7-6-8-17(11-16)19(20)12-18-14(3)9-13(2)10-15(18)4/h9-10,16-17H,5-8,11-12H2,1-4H3. The number of ketones is 1. The summed E-state index contributed by atoms with van der Waals surface area (Å²) in [5.41, 5.74) is 5.11. The Bertz CT molecular complexity index is 464. The predicted molar refractivity (Wildman–Crippen MR) is 85.1 cm³/mol. The maximum atomic E-state index is 12.6. The second kappa shape index (κ2) is 6.56. The van der Waals surface area contributed by atoms with Crippen LogP contribution in [0.3, 0.4) is 0 Å². The smallest absolute Gasteiger partial charge is 0.140 e. The molecule has 0 radical (unpaired) electrons. The van der Waals surface area contributed by atoms with Crippen molar-refractivity contribution in [2.24, 2.45) is 11.8 Å². The highest BCUT2D eigenvalue weighted by Crippen LogP contribution is 2.32. The number of carbonyl (C=O) groups is 1. The minimum atomic E-state index is 0.314. The third-order valence-electron chi connectivity index (χ3n) is 5.01. The van der Waals surface area contributed by atoms with E-state index in [4.69, 9.17) is 0 Å². The van der Waals surface area contributed by atoms with E-state index < -0.39 is 0 Å². The van der Waals surface area contributed by atoms with Gasteiger partial charge in [0, 0.05) is 12.3 Å². The van der Waals surface area contributed by atoms with E-state index in [1.807, 2.05) is 0 Å². The molecule has 2 unspecified atom stereocenters. The first-order valence-electron chi connectivity index (χ1n) is 8.10. The van der Waals surface area contributed by atoms with E-state index in [1.165, 1.54) is 41.5 Å². The van der Waals surface area contributed by atoms with Crippen LogP contribution in [0.25, 0.3) is 0 Å². The van der Waals surface area contributed by atoms with Gasteiger partial charge in [-0.2, -0.15) is 0 Å². The quantitative estimate of drug-likeness (QED) is 0.758. The van der Waals surface area contributed by atoms with E-state index in [0.29, 0.717) is 18.1 Å². The van der Waals surface area contributed by atoms with Gasteiger partial charge in [-0.3, -0.25) is 4.79 Å². The van der Waals surface area contributed by atoms with Crippen molar-refractivity contribution in [3.05, 3.63) is 34.4 Å². The highest BCUT2D eigenvalue weighted by molar-refractivity contribution is 5.84. The van der Waals surface area contributed by atoms with Crippen molar-refractivity contribution in [2.75, 3.05) is 0 Å². The molecule has 0 aromatic heterocycles. The van der Waals surface area contributed by atoms with Gasteiger partial charge in [-0.25, -0.2) is 0 Å². The molecule has 0 saturated heterocycles. The van der Waals surface area contributed by atoms with Crippen molar-refractivity contribution in [2.45, 2.75) is 66.2 Å². The lowest BCUT2D eigenvalue weighted by atomic mass is 9.77. The van der Waals surface area contributed by atoms with Gasteiger partial charge in [0.25, 0.3) is 0 Å². The van der Waals surface area contributed by atoms with Crippen LogP contribution in [0.15, 0.2) is 12.1 Å². The van der Waals surface area contributed by atoms with Gasteiger partial charge in [0.15, 0.2) is 0 Å². The molecular formula is C19H28O. The lowest BCUT2D eigenvalue weighted by Gasteiger charge is -2.27. The zero-order valence-electron chi connectivity index (χ0n) is 13.5. The van der Waals surface area contributed by atoms with E-state index in [9.17, 15) is 4.79 Å². The molecule has 1 saturated carbocycles. The number of carbonyl (C=O) groups excluding carboxylic acids is 1. The Hall–Kier alpha value is -1.11. The van der Waals surface area contributed by atoms with E-state index in [1.54, 1.807) is 0 Å². The molecule has 1 aromatic rings. The van der Waals surface area contributed by atoms with Gasteiger partial charge >= 0.3 is 0 Å². The van der Waals surface area contributed by atoms with Crippen LogP contribution >= 0.6 is 0 Å². The largest absolute Gasteiger partial charge is 0.299 e. The van der Waals surface area contributed by atoms with Crippen LogP contribution < -0.4 is 0 Å². The summed E-state index contributed by atoms with van der Waals surface area (Å²) in [6.45, 7) is 8.65. The maximum Gasteiger partial charge on any atom is 0.140 e. The monoisotopic (exact) mass is 272 g/mol. The van der Waals surface area contributed by atoms with Crippen molar-refractivity contribution in [3.63, 3.8) is 0 Å². The topological polar surface area (TPSA) is 17.1 Å². The molecule has 1 aliphatic carbocycles. The molecule has 1 nitrogen and oxygen atoms in total. The van der Waals surface area contributed by atoms with Gasteiger partial charge in [-0.05, 0) is 56.2 Å². The van der Waals surface area contributed by atoms with Gasteiger partial charge in [-0.1, -0.05) is 43.9 Å². The molecule has 0 N–H and O–H groups in total. The molecule has 110 valence electrons. The second-order valence-corrected chi connectivity index (χ2v) is 6.66. The highest BCUT2D eigenvalue weighted by atomic mass is 16.1. The van der Waals surface area contributed by atoms with Crippen LogP contribution in [0.5, 0.6) is 0 Å². The summed E-state index contributed by atoms with van der Waals surface area (Å²) in [5.74, 6) is 1.56. The van der Waals surface area contributed by atoms with Crippen molar-refractivity contribution in [3.8, 4) is 0 Å². The fraction of sp³-hybridized carbons (Fsp3) is 0.632. The molecule has 1 aromatic carbocycles. The Morgan fingerprint density at radius 1 is 1.15 bits per heavy atom. The summed E-state index contributed by atoms with van der Waals surface area (Å²) in [6, 6.07) is 4.40. The Labute approximate surface area is 123 Å². The number of hydrogen-bond acceptors (Lipinski definition) is 1. The molecule has 1 aliphatic rings. The van der Waals surface area contributed by atoms with E-state index in [2.05, 4.69) is 39.8 Å². The van der Waals surface area contributed by atoms with E-state index >= 15 is 0 Å². The van der Waals surface area contributed by atoms with Crippen molar-refractivity contribution in [1.29, 1.82) is 0 Å². The Morgan fingerprint density at radius 3 is 2.40 bits per heavy atom. The molecule has 2 rings (SSSR count). The first-order chi connectivity index (χ1) is 9.51. The van der Waals surface area contributed by atoms with Crippen LogP contribution in [-0.2, 0) is 11.2 Å². The number of aryl methyl sites for hydroxylation is 3. The molecule has 0 spiro atoms. The van der Waals surface area contributed by atoms with Crippen molar-refractivity contribution >= 4 is 5.78 Å². The summed E-state index contributed by atoms with van der Waals surface area (Å²) < 4.78 is 0. The zero-order valence-corrected chi connectivity index (χ0v) is 13.5. The van der Waals surface area contributed by atoms with E-state index in [-0.39, 0.29) is 0 Å². The Morgan fingerprint density at radius 2 is 1.80 bits per heavy atom. The zero-order chi connectivity index (χ0) is 14.7. The van der Waals surface area contributed by atoms with Crippen LogP contribution in [0.1, 0.15) is 61.3 Å². The average Bonchev–Trinajstić information content (AvgIpc) is 2.42. The predicted octanol–water partition coefficient (Wildman–Crippen LogP) is 4.94. The van der Waals surface area contributed by atoms with Gasteiger partial charge in [0.05, 0.1) is 0 Å². The van der Waals surface area contributed by atoms with Crippen LogP contribution in [0.2, 0.25) is 0 Å². The molecule has 0 heterocycles. The molecule has 1 fully saturated rings. The summed E-state index contributed by atoms with van der Waals surface area (Å²) in [4.78, 5) is 12.6. The third-order valence-corrected chi connectivity index (χ3v) is 5.01. The normalized spacial score (nSPS) is 22.8. The maximum absolute atomic E-state index is 12.6. The number of hydrogen-bond donors (Lipinski definition) is 0. The Kier molecular flexibility index (Phi) is 5.01. The van der Waals surface area contributed by atoms with Crippen molar-refractivity contribution < 1.29 is 4.79 Å². The van der Waals surface area contributed by atoms with Gasteiger partial charge in [0.2, 0.25) is 0 Å². The molecule has 0 amide bonds. The van der Waals surface area contributed by atoms with E-state index in [0.717, 1.165) is 18.8 Å². The number of benzene rings is 1.